The molecule has 0 radical (unpaired) electrons. The number of hydrogen-bond donors (Lipinski definition) is 1. The molecule has 1 fully saturated rings. The Bertz CT molecular complexity index is 558. The van der Waals surface area contributed by atoms with Gasteiger partial charge >= 0.3 is 5.97 Å². The van der Waals surface area contributed by atoms with Gasteiger partial charge in [0.05, 0.1) is 7.11 Å². The first-order valence-corrected chi connectivity index (χ1v) is 8.67. The van der Waals surface area contributed by atoms with Crippen LogP contribution in [0.4, 0.5) is 0 Å². The second kappa shape index (κ2) is 9.30. The molecule has 1 aromatic rings. The first-order valence-electron chi connectivity index (χ1n) is 8.67. The number of esters is 1. The fourth-order valence-electron chi connectivity index (χ4n) is 3.14. The number of methoxy groups -OCH3 is 1. The zero-order valence-electron chi connectivity index (χ0n) is 14.5. The Balaban J connectivity index is 1.69. The van der Waals surface area contributed by atoms with Crippen LogP contribution in [0.5, 0.6) is 5.75 Å². The molecule has 5 nitrogen and oxygen atoms in total. The van der Waals surface area contributed by atoms with Crippen LogP contribution in [-0.2, 0) is 20.7 Å². The van der Waals surface area contributed by atoms with Gasteiger partial charge in [-0.05, 0) is 36.8 Å². The lowest BCUT2D eigenvalue weighted by Crippen LogP contribution is -2.42. The Kier molecular flexibility index (Phi) is 7.09. The molecule has 1 aliphatic rings. The Labute approximate surface area is 143 Å². The van der Waals surface area contributed by atoms with Crippen molar-refractivity contribution in [1.29, 1.82) is 0 Å². The van der Waals surface area contributed by atoms with E-state index >= 15 is 0 Å². The molecular weight excluding hydrogens is 306 g/mol. The molecule has 0 heterocycles. The number of ether oxygens (including phenoxy) is 2. The topological polar surface area (TPSA) is 64.6 Å². The van der Waals surface area contributed by atoms with Gasteiger partial charge in [-0.3, -0.25) is 9.59 Å². The Morgan fingerprint density at radius 3 is 2.71 bits per heavy atom. The van der Waals surface area contributed by atoms with Crippen LogP contribution in [0.15, 0.2) is 24.3 Å². The summed E-state index contributed by atoms with van der Waals surface area (Å²) < 4.78 is 10.3. The quantitative estimate of drug-likeness (QED) is 0.779. The highest BCUT2D eigenvalue weighted by atomic mass is 16.5. The van der Waals surface area contributed by atoms with Gasteiger partial charge in [-0.1, -0.05) is 38.0 Å². The number of hydrogen-bond acceptors (Lipinski definition) is 4. The third-order valence-corrected chi connectivity index (χ3v) is 4.61. The van der Waals surface area contributed by atoms with Crippen molar-refractivity contribution in [2.75, 3.05) is 13.7 Å². The molecule has 2 rings (SSSR count). The first kappa shape index (κ1) is 18.3. The van der Waals surface area contributed by atoms with Gasteiger partial charge in [-0.15, -0.1) is 0 Å². The second-order valence-corrected chi connectivity index (χ2v) is 6.41. The van der Waals surface area contributed by atoms with Crippen LogP contribution in [0.3, 0.4) is 0 Å². The smallest absolute Gasteiger partial charge is 0.306 e. The van der Waals surface area contributed by atoms with E-state index in [9.17, 15) is 9.59 Å². The standard InChI is InChI=1S/C19H27NO4/c1-14-7-3-5-9-16(14)20-18(21)13-24-19(22)12-11-15-8-4-6-10-17(15)23-2/h4,6,8,10,14,16H,3,5,7,9,11-13H2,1-2H3,(H,20,21). The number of carbonyl (C=O) groups is 2. The molecule has 1 aliphatic carbocycles. The third kappa shape index (κ3) is 5.55. The Morgan fingerprint density at radius 2 is 1.96 bits per heavy atom. The van der Waals surface area contributed by atoms with E-state index in [0.29, 0.717) is 12.3 Å². The van der Waals surface area contributed by atoms with Crippen molar-refractivity contribution in [3.05, 3.63) is 29.8 Å². The summed E-state index contributed by atoms with van der Waals surface area (Å²) in [5, 5.41) is 2.98. The molecular formula is C19H27NO4. The van der Waals surface area contributed by atoms with Gasteiger partial charge in [-0.2, -0.15) is 0 Å². The average molecular weight is 333 g/mol. The van der Waals surface area contributed by atoms with Crippen LogP contribution < -0.4 is 10.1 Å². The van der Waals surface area contributed by atoms with Crippen molar-refractivity contribution in [2.24, 2.45) is 5.92 Å². The largest absolute Gasteiger partial charge is 0.496 e. The van der Waals surface area contributed by atoms with E-state index in [0.717, 1.165) is 30.6 Å². The van der Waals surface area contributed by atoms with E-state index < -0.39 is 0 Å². The van der Waals surface area contributed by atoms with Crippen LogP contribution in [0, 0.1) is 5.92 Å². The van der Waals surface area contributed by atoms with Crippen LogP contribution in [0.1, 0.15) is 44.6 Å². The number of nitrogens with one attached hydrogen (secondary N) is 1. The number of para-hydroxylation sites is 1. The van der Waals surface area contributed by atoms with Crippen LogP contribution >= 0.6 is 0 Å². The molecule has 2 atom stereocenters. The van der Waals surface area contributed by atoms with Crippen molar-refractivity contribution in [2.45, 2.75) is 51.5 Å². The maximum absolute atomic E-state index is 11.9. The summed E-state index contributed by atoms with van der Waals surface area (Å²) in [6.07, 6.45) is 5.29. The van der Waals surface area contributed by atoms with E-state index in [1.165, 1.54) is 6.42 Å². The van der Waals surface area contributed by atoms with Crippen molar-refractivity contribution in [3.63, 3.8) is 0 Å². The van der Waals surface area contributed by atoms with Crippen molar-refractivity contribution < 1.29 is 19.1 Å². The van der Waals surface area contributed by atoms with Crippen LogP contribution in [0.25, 0.3) is 0 Å². The molecule has 0 bridgehead atoms. The van der Waals surface area contributed by atoms with Gasteiger partial charge < -0.3 is 14.8 Å². The Hall–Kier alpha value is -2.04. The fourth-order valence-corrected chi connectivity index (χ4v) is 3.14. The molecule has 132 valence electrons. The molecule has 0 aromatic heterocycles. The van der Waals surface area contributed by atoms with E-state index in [1.807, 2.05) is 24.3 Å². The number of carbonyl (C=O) groups excluding carboxylic acids is 2. The predicted octanol–water partition coefficient (Wildman–Crippen LogP) is 2.87. The molecule has 0 aliphatic heterocycles. The lowest BCUT2D eigenvalue weighted by Gasteiger charge is -2.29. The number of benzene rings is 1. The number of aryl methyl sites for hydroxylation is 1. The van der Waals surface area contributed by atoms with Gasteiger partial charge in [0.2, 0.25) is 0 Å². The number of amides is 1. The molecule has 1 saturated carbocycles. The molecule has 0 saturated heterocycles. The third-order valence-electron chi connectivity index (χ3n) is 4.61. The van der Waals surface area contributed by atoms with Gasteiger partial charge in [0.1, 0.15) is 5.75 Å². The average Bonchev–Trinajstić information content (AvgIpc) is 2.60. The predicted molar refractivity (Wildman–Crippen MR) is 91.8 cm³/mol. The molecule has 24 heavy (non-hydrogen) atoms. The SMILES string of the molecule is COc1ccccc1CCC(=O)OCC(=O)NC1CCCCC1C. The highest BCUT2D eigenvalue weighted by Crippen LogP contribution is 2.23. The Morgan fingerprint density at radius 1 is 1.21 bits per heavy atom. The number of rotatable bonds is 7. The minimum atomic E-state index is -0.368. The minimum Gasteiger partial charge on any atom is -0.496 e. The lowest BCUT2D eigenvalue weighted by atomic mass is 9.86. The monoisotopic (exact) mass is 333 g/mol. The summed E-state index contributed by atoms with van der Waals surface area (Å²) in [7, 11) is 1.60. The molecule has 0 spiro atoms. The summed E-state index contributed by atoms with van der Waals surface area (Å²) >= 11 is 0. The maximum Gasteiger partial charge on any atom is 0.306 e. The zero-order chi connectivity index (χ0) is 17.4. The van der Waals surface area contributed by atoms with E-state index in [1.54, 1.807) is 7.11 Å². The van der Waals surface area contributed by atoms with E-state index in [2.05, 4.69) is 12.2 Å². The van der Waals surface area contributed by atoms with Crippen molar-refractivity contribution in [1.82, 2.24) is 5.32 Å². The van der Waals surface area contributed by atoms with Gasteiger partial charge in [0, 0.05) is 12.5 Å². The van der Waals surface area contributed by atoms with Gasteiger partial charge in [0.15, 0.2) is 6.61 Å². The summed E-state index contributed by atoms with van der Waals surface area (Å²) in [5.74, 6) is 0.672. The van der Waals surface area contributed by atoms with Crippen LogP contribution in [0.2, 0.25) is 0 Å². The van der Waals surface area contributed by atoms with E-state index in [4.69, 9.17) is 9.47 Å². The summed E-state index contributed by atoms with van der Waals surface area (Å²) in [6, 6.07) is 7.78. The lowest BCUT2D eigenvalue weighted by molar-refractivity contribution is -0.148. The summed E-state index contributed by atoms with van der Waals surface area (Å²) in [5.41, 5.74) is 0.956. The summed E-state index contributed by atoms with van der Waals surface area (Å²) in [4.78, 5) is 23.8. The highest BCUT2D eigenvalue weighted by molar-refractivity contribution is 5.80. The van der Waals surface area contributed by atoms with Crippen molar-refractivity contribution in [3.8, 4) is 5.75 Å². The molecule has 5 heteroatoms. The molecule has 1 amide bonds. The highest BCUT2D eigenvalue weighted by Gasteiger charge is 2.23. The molecule has 1 aromatic carbocycles. The molecule has 1 N–H and O–H groups in total. The second-order valence-electron chi connectivity index (χ2n) is 6.41. The van der Waals surface area contributed by atoms with Crippen molar-refractivity contribution >= 4 is 11.9 Å². The summed E-state index contributed by atoms with van der Waals surface area (Å²) in [6.45, 7) is 1.96. The normalized spacial score (nSPS) is 20.2. The first-order chi connectivity index (χ1) is 11.6. The van der Waals surface area contributed by atoms with E-state index in [-0.39, 0.29) is 30.9 Å². The van der Waals surface area contributed by atoms with Gasteiger partial charge in [0.25, 0.3) is 5.91 Å². The van der Waals surface area contributed by atoms with Gasteiger partial charge in [-0.25, -0.2) is 0 Å². The fraction of sp³-hybridized carbons (Fsp3) is 0.579. The zero-order valence-corrected chi connectivity index (χ0v) is 14.5. The molecule has 2 unspecified atom stereocenters. The maximum atomic E-state index is 11.9. The minimum absolute atomic E-state index is 0.200. The van der Waals surface area contributed by atoms with Crippen LogP contribution in [-0.4, -0.2) is 31.6 Å².